The Bertz CT molecular complexity index is 567. The van der Waals surface area contributed by atoms with E-state index in [1.807, 2.05) is 48.8 Å². The molecule has 0 aliphatic heterocycles. The van der Waals surface area contributed by atoms with Crippen molar-refractivity contribution in [1.29, 1.82) is 0 Å². The summed E-state index contributed by atoms with van der Waals surface area (Å²) in [6.07, 6.45) is 2.82. The number of hydrogen-bond donors (Lipinski definition) is 0. The molecule has 0 saturated carbocycles. The van der Waals surface area contributed by atoms with Gasteiger partial charge in [0.25, 0.3) is 0 Å². The first kappa shape index (κ1) is 12.5. The number of carbonyl (C=O) groups is 1. The Hall–Kier alpha value is -1.96. The number of hydrogen-bond acceptors (Lipinski definition) is 2. The van der Waals surface area contributed by atoms with Gasteiger partial charge in [-0.2, -0.15) is 0 Å². The molecule has 1 unspecified atom stereocenters. The standard InChI is InChI=1S/C16H15O2/c1-12(18)9-13(11-17)10-15-7-4-6-14-5-2-3-8-16(14)15/h2-8,13H,9-10H2,1H3. The quantitative estimate of drug-likeness (QED) is 0.803. The fraction of sp³-hybridized carbons (Fsp3) is 0.250. The van der Waals surface area contributed by atoms with Crippen LogP contribution < -0.4 is 0 Å². The molecule has 2 nitrogen and oxygen atoms in total. The molecule has 1 atom stereocenters. The maximum atomic E-state index is 11.1. The maximum absolute atomic E-state index is 11.1. The summed E-state index contributed by atoms with van der Waals surface area (Å²) in [6.45, 7) is 1.51. The molecule has 0 heterocycles. The summed E-state index contributed by atoms with van der Waals surface area (Å²) >= 11 is 0. The molecule has 2 aromatic carbocycles. The smallest absolute Gasteiger partial charge is 0.202 e. The van der Waals surface area contributed by atoms with Gasteiger partial charge in [-0.3, -0.25) is 4.79 Å². The lowest BCUT2D eigenvalue weighted by Gasteiger charge is -2.10. The van der Waals surface area contributed by atoms with Crippen LogP contribution in [-0.4, -0.2) is 12.1 Å². The second-order valence-corrected chi connectivity index (χ2v) is 4.56. The third-order valence-corrected chi connectivity index (χ3v) is 3.05. The van der Waals surface area contributed by atoms with Gasteiger partial charge in [0.15, 0.2) is 0 Å². The van der Waals surface area contributed by atoms with Gasteiger partial charge in [-0.25, -0.2) is 0 Å². The van der Waals surface area contributed by atoms with Crippen molar-refractivity contribution in [1.82, 2.24) is 0 Å². The van der Waals surface area contributed by atoms with Crippen molar-refractivity contribution in [3.05, 3.63) is 48.0 Å². The molecule has 0 bridgehead atoms. The van der Waals surface area contributed by atoms with Crippen molar-refractivity contribution >= 4 is 22.8 Å². The predicted molar refractivity (Wildman–Crippen MR) is 72.1 cm³/mol. The highest BCUT2D eigenvalue weighted by Gasteiger charge is 2.13. The van der Waals surface area contributed by atoms with Crippen LogP contribution in [0.2, 0.25) is 0 Å². The van der Waals surface area contributed by atoms with E-state index in [4.69, 9.17) is 0 Å². The largest absolute Gasteiger partial charge is 0.300 e. The van der Waals surface area contributed by atoms with Gasteiger partial charge in [-0.05, 0) is 29.7 Å². The van der Waals surface area contributed by atoms with Crippen LogP contribution >= 0.6 is 0 Å². The first-order valence-electron chi connectivity index (χ1n) is 6.04. The molecule has 91 valence electrons. The molecule has 0 fully saturated rings. The third-order valence-electron chi connectivity index (χ3n) is 3.05. The van der Waals surface area contributed by atoms with E-state index in [1.165, 1.54) is 6.92 Å². The Morgan fingerprint density at radius 2 is 1.89 bits per heavy atom. The average Bonchev–Trinajstić information content (AvgIpc) is 2.38. The van der Waals surface area contributed by atoms with Crippen LogP contribution in [0.5, 0.6) is 0 Å². The monoisotopic (exact) mass is 239 g/mol. The van der Waals surface area contributed by atoms with Gasteiger partial charge in [0, 0.05) is 12.3 Å². The zero-order valence-electron chi connectivity index (χ0n) is 10.3. The van der Waals surface area contributed by atoms with E-state index in [1.54, 1.807) is 0 Å². The minimum atomic E-state index is -0.340. The molecule has 2 rings (SSSR count). The summed E-state index contributed by atoms with van der Waals surface area (Å²) in [6, 6.07) is 14.1. The van der Waals surface area contributed by atoms with Crippen molar-refractivity contribution in [3.63, 3.8) is 0 Å². The summed E-state index contributed by atoms with van der Waals surface area (Å²) in [7, 11) is 0. The number of fused-ring (bicyclic) bond motifs is 1. The first-order valence-corrected chi connectivity index (χ1v) is 6.04. The predicted octanol–water partition coefficient (Wildman–Crippen LogP) is 3.09. The number of Topliss-reactive ketones (excluding diaryl/α,β-unsaturated/α-hetero) is 1. The molecule has 0 N–H and O–H groups in total. The Balaban J connectivity index is 2.30. The summed E-state index contributed by atoms with van der Waals surface area (Å²) in [5.74, 6) is -0.308. The zero-order valence-corrected chi connectivity index (χ0v) is 10.3. The van der Waals surface area contributed by atoms with Crippen molar-refractivity contribution in [2.75, 3.05) is 0 Å². The molecule has 0 aliphatic carbocycles. The average molecular weight is 239 g/mol. The molecule has 0 aliphatic rings. The highest BCUT2D eigenvalue weighted by atomic mass is 16.1. The highest BCUT2D eigenvalue weighted by Crippen LogP contribution is 2.21. The van der Waals surface area contributed by atoms with Gasteiger partial charge in [-0.1, -0.05) is 42.5 Å². The summed E-state index contributed by atoms with van der Waals surface area (Å²) < 4.78 is 0. The van der Waals surface area contributed by atoms with Crippen LogP contribution in [0.1, 0.15) is 18.9 Å². The SMILES string of the molecule is CC(=O)CC([C]=O)Cc1cccc2ccccc12. The summed E-state index contributed by atoms with van der Waals surface area (Å²) in [5.41, 5.74) is 1.10. The van der Waals surface area contributed by atoms with Crippen LogP contribution in [0.4, 0.5) is 0 Å². The van der Waals surface area contributed by atoms with Gasteiger partial charge in [0.1, 0.15) is 5.78 Å². The summed E-state index contributed by atoms with van der Waals surface area (Å²) in [5, 5.41) is 2.30. The van der Waals surface area contributed by atoms with Crippen molar-refractivity contribution in [2.24, 2.45) is 5.92 Å². The van der Waals surface area contributed by atoms with E-state index in [2.05, 4.69) is 0 Å². The van der Waals surface area contributed by atoms with Crippen LogP contribution in [0, 0.1) is 5.92 Å². The van der Waals surface area contributed by atoms with E-state index in [9.17, 15) is 9.59 Å². The topological polar surface area (TPSA) is 34.1 Å². The van der Waals surface area contributed by atoms with Crippen LogP contribution in [-0.2, 0) is 16.0 Å². The fourth-order valence-electron chi connectivity index (χ4n) is 2.24. The van der Waals surface area contributed by atoms with Gasteiger partial charge in [-0.15, -0.1) is 0 Å². The highest BCUT2D eigenvalue weighted by molar-refractivity contribution is 5.86. The fourth-order valence-corrected chi connectivity index (χ4v) is 2.24. The van der Waals surface area contributed by atoms with E-state index in [0.717, 1.165) is 16.3 Å². The number of rotatable bonds is 5. The Kier molecular flexibility index (Phi) is 3.88. The zero-order chi connectivity index (χ0) is 13.0. The van der Waals surface area contributed by atoms with Crippen molar-refractivity contribution in [3.8, 4) is 0 Å². The Labute approximate surface area is 107 Å². The molecule has 2 heteroatoms. The minimum absolute atomic E-state index is 0.0311. The van der Waals surface area contributed by atoms with E-state index < -0.39 is 0 Å². The second-order valence-electron chi connectivity index (χ2n) is 4.56. The Morgan fingerprint density at radius 1 is 1.17 bits per heavy atom. The maximum Gasteiger partial charge on any atom is 0.202 e. The first-order chi connectivity index (χ1) is 8.70. The lowest BCUT2D eigenvalue weighted by Crippen LogP contribution is -2.10. The minimum Gasteiger partial charge on any atom is -0.300 e. The van der Waals surface area contributed by atoms with Crippen molar-refractivity contribution < 1.29 is 9.59 Å². The van der Waals surface area contributed by atoms with E-state index >= 15 is 0 Å². The molecule has 0 saturated heterocycles. The summed E-state index contributed by atoms with van der Waals surface area (Å²) in [4.78, 5) is 22.0. The van der Waals surface area contributed by atoms with Crippen LogP contribution in [0.15, 0.2) is 42.5 Å². The van der Waals surface area contributed by atoms with E-state index in [0.29, 0.717) is 6.42 Å². The van der Waals surface area contributed by atoms with Crippen molar-refractivity contribution in [2.45, 2.75) is 19.8 Å². The van der Waals surface area contributed by atoms with Gasteiger partial charge < -0.3 is 4.79 Å². The molecule has 0 aromatic heterocycles. The van der Waals surface area contributed by atoms with Gasteiger partial charge in [0.2, 0.25) is 6.29 Å². The normalized spacial score (nSPS) is 12.3. The lowest BCUT2D eigenvalue weighted by molar-refractivity contribution is -0.117. The van der Waals surface area contributed by atoms with E-state index in [-0.39, 0.29) is 18.1 Å². The molecule has 1 radical (unpaired) electrons. The number of ketones is 1. The third kappa shape index (κ3) is 2.83. The van der Waals surface area contributed by atoms with Gasteiger partial charge >= 0.3 is 0 Å². The van der Waals surface area contributed by atoms with Crippen LogP contribution in [0.25, 0.3) is 10.8 Å². The second kappa shape index (κ2) is 5.58. The van der Waals surface area contributed by atoms with Crippen LogP contribution in [0.3, 0.4) is 0 Å². The number of benzene rings is 2. The number of carbonyl (C=O) groups excluding carboxylic acids is 2. The molecule has 2 aromatic rings. The molecular formula is C16H15O2. The van der Waals surface area contributed by atoms with Gasteiger partial charge in [0.05, 0.1) is 0 Å². The molecule has 18 heavy (non-hydrogen) atoms. The Morgan fingerprint density at radius 3 is 2.61 bits per heavy atom. The molecular weight excluding hydrogens is 224 g/mol. The lowest BCUT2D eigenvalue weighted by atomic mass is 9.93. The molecule has 0 amide bonds. The molecule has 0 spiro atoms.